The van der Waals surface area contributed by atoms with Crippen LogP contribution < -0.4 is 4.90 Å². The summed E-state index contributed by atoms with van der Waals surface area (Å²) < 4.78 is 7.50. The van der Waals surface area contributed by atoms with E-state index in [-0.39, 0.29) is 0 Å². The van der Waals surface area contributed by atoms with Crippen LogP contribution in [0, 0.1) is 0 Å². The Morgan fingerprint density at radius 1 is 1.29 bits per heavy atom. The molecule has 0 spiro atoms. The van der Waals surface area contributed by atoms with E-state index in [4.69, 9.17) is 4.42 Å². The topological polar surface area (TPSA) is 72.9 Å². The molecule has 7 heteroatoms. The summed E-state index contributed by atoms with van der Waals surface area (Å²) in [4.78, 5) is 19.5. The maximum Gasteiger partial charge on any atom is 0.197 e. The molecule has 1 saturated carbocycles. The molecule has 0 aliphatic heterocycles. The zero-order valence-corrected chi connectivity index (χ0v) is 12.0. The Morgan fingerprint density at radius 2 is 2.14 bits per heavy atom. The third kappa shape index (κ3) is 2.14. The number of aromatic nitrogens is 5. The van der Waals surface area contributed by atoms with Crippen LogP contribution in [-0.2, 0) is 6.54 Å². The molecular formula is C14H16N6O. The molecule has 0 saturated heterocycles. The first kappa shape index (κ1) is 12.3. The number of hydrogen-bond acceptors (Lipinski definition) is 6. The molecule has 0 N–H and O–H groups in total. The van der Waals surface area contributed by atoms with Gasteiger partial charge in [0.2, 0.25) is 0 Å². The Labute approximate surface area is 121 Å². The monoisotopic (exact) mass is 284 g/mol. The van der Waals surface area contributed by atoms with E-state index in [1.807, 2.05) is 23.6 Å². The quantitative estimate of drug-likeness (QED) is 0.727. The molecule has 108 valence electrons. The second kappa shape index (κ2) is 4.54. The lowest BCUT2D eigenvalue weighted by Gasteiger charge is -2.10. The standard InChI is InChI=1S/C14H16N6O/c1-19(2)12-11-13(16-7-15-12)20(8-17-11)5-10-6-21-14(18-10)9-3-4-9/h6-9H,3-5H2,1-2H3. The first-order valence-electron chi connectivity index (χ1n) is 7.00. The number of fused-ring (bicyclic) bond motifs is 1. The van der Waals surface area contributed by atoms with Crippen LogP contribution in [0.15, 0.2) is 23.3 Å². The Balaban J connectivity index is 1.68. The van der Waals surface area contributed by atoms with Gasteiger partial charge >= 0.3 is 0 Å². The molecule has 0 atom stereocenters. The van der Waals surface area contributed by atoms with E-state index in [2.05, 4.69) is 19.9 Å². The third-order valence-corrected chi connectivity index (χ3v) is 3.63. The average Bonchev–Trinajstić information content (AvgIpc) is 3.09. The molecular weight excluding hydrogens is 268 g/mol. The second-order valence-electron chi connectivity index (χ2n) is 5.59. The van der Waals surface area contributed by atoms with Gasteiger partial charge in [-0.25, -0.2) is 19.9 Å². The summed E-state index contributed by atoms with van der Waals surface area (Å²) in [5.41, 5.74) is 2.51. The van der Waals surface area contributed by atoms with Gasteiger partial charge in [-0.2, -0.15) is 0 Å². The molecule has 1 aliphatic rings. The zero-order chi connectivity index (χ0) is 14.4. The van der Waals surface area contributed by atoms with Crippen molar-refractivity contribution in [1.82, 2.24) is 24.5 Å². The van der Waals surface area contributed by atoms with Crippen LogP contribution in [0.5, 0.6) is 0 Å². The van der Waals surface area contributed by atoms with E-state index in [9.17, 15) is 0 Å². The predicted molar refractivity (Wildman–Crippen MR) is 77.2 cm³/mol. The summed E-state index contributed by atoms with van der Waals surface area (Å²) in [7, 11) is 3.89. The molecule has 1 aliphatic carbocycles. The Morgan fingerprint density at radius 3 is 2.90 bits per heavy atom. The highest BCUT2D eigenvalue weighted by molar-refractivity contribution is 5.83. The fourth-order valence-corrected chi connectivity index (χ4v) is 2.40. The zero-order valence-electron chi connectivity index (χ0n) is 12.0. The number of anilines is 1. The lowest BCUT2D eigenvalue weighted by atomic mass is 10.4. The summed E-state index contributed by atoms with van der Waals surface area (Å²) in [5.74, 6) is 2.21. The highest BCUT2D eigenvalue weighted by Gasteiger charge is 2.28. The van der Waals surface area contributed by atoms with Gasteiger partial charge in [0, 0.05) is 20.0 Å². The lowest BCUT2D eigenvalue weighted by Crippen LogP contribution is -2.11. The molecule has 1 fully saturated rings. The average molecular weight is 284 g/mol. The van der Waals surface area contributed by atoms with Crippen molar-refractivity contribution in [2.45, 2.75) is 25.3 Å². The van der Waals surface area contributed by atoms with Crippen molar-refractivity contribution < 1.29 is 4.42 Å². The van der Waals surface area contributed by atoms with Gasteiger partial charge < -0.3 is 13.9 Å². The molecule has 0 radical (unpaired) electrons. The molecule has 0 aromatic carbocycles. The molecule has 0 amide bonds. The second-order valence-corrected chi connectivity index (χ2v) is 5.59. The minimum atomic E-state index is 0.529. The summed E-state index contributed by atoms with van der Waals surface area (Å²) in [6.07, 6.45) is 7.44. The van der Waals surface area contributed by atoms with Crippen molar-refractivity contribution in [3.8, 4) is 0 Å². The Hall–Kier alpha value is -2.44. The Bertz CT molecular complexity index is 786. The van der Waals surface area contributed by atoms with Crippen molar-refractivity contribution in [2.75, 3.05) is 19.0 Å². The number of hydrogen-bond donors (Lipinski definition) is 0. The SMILES string of the molecule is CN(C)c1ncnc2c1ncn2Cc1coc(C2CC2)n1. The molecule has 0 unspecified atom stereocenters. The van der Waals surface area contributed by atoms with Crippen LogP contribution in [0.1, 0.15) is 30.3 Å². The van der Waals surface area contributed by atoms with Crippen LogP contribution in [0.2, 0.25) is 0 Å². The van der Waals surface area contributed by atoms with E-state index in [0.29, 0.717) is 12.5 Å². The molecule has 21 heavy (non-hydrogen) atoms. The predicted octanol–water partition coefficient (Wildman–Crippen LogP) is 1.81. The van der Waals surface area contributed by atoms with Crippen LogP contribution in [0.25, 0.3) is 11.2 Å². The highest BCUT2D eigenvalue weighted by atomic mass is 16.3. The summed E-state index contributed by atoms with van der Waals surface area (Å²) in [5, 5.41) is 0. The van der Waals surface area contributed by atoms with Crippen LogP contribution in [0.4, 0.5) is 5.82 Å². The van der Waals surface area contributed by atoms with E-state index in [1.54, 1.807) is 18.9 Å². The van der Waals surface area contributed by atoms with Crippen LogP contribution >= 0.6 is 0 Å². The van der Waals surface area contributed by atoms with Crippen molar-refractivity contribution in [3.05, 3.63) is 30.5 Å². The maximum absolute atomic E-state index is 5.53. The third-order valence-electron chi connectivity index (χ3n) is 3.63. The molecule has 4 rings (SSSR count). The molecule has 3 heterocycles. The smallest absolute Gasteiger partial charge is 0.197 e. The number of rotatable bonds is 4. The van der Waals surface area contributed by atoms with E-state index in [1.165, 1.54) is 12.8 Å². The van der Waals surface area contributed by atoms with E-state index >= 15 is 0 Å². The molecule has 3 aromatic rings. The minimum Gasteiger partial charge on any atom is -0.448 e. The summed E-state index contributed by atoms with van der Waals surface area (Å²) >= 11 is 0. The summed E-state index contributed by atoms with van der Waals surface area (Å²) in [6.45, 7) is 0.608. The van der Waals surface area contributed by atoms with Gasteiger partial charge in [0.25, 0.3) is 0 Å². The van der Waals surface area contributed by atoms with Gasteiger partial charge in [0.05, 0.1) is 18.6 Å². The number of nitrogens with zero attached hydrogens (tertiary/aromatic N) is 6. The molecule has 7 nitrogen and oxygen atoms in total. The Kier molecular flexibility index (Phi) is 2.66. The first-order valence-corrected chi connectivity index (χ1v) is 7.00. The van der Waals surface area contributed by atoms with Gasteiger partial charge in [-0.15, -0.1) is 0 Å². The minimum absolute atomic E-state index is 0.529. The fraction of sp³-hybridized carbons (Fsp3) is 0.429. The van der Waals surface area contributed by atoms with Gasteiger partial charge in [-0.1, -0.05) is 0 Å². The van der Waals surface area contributed by atoms with Crippen LogP contribution in [-0.4, -0.2) is 38.6 Å². The van der Waals surface area contributed by atoms with E-state index < -0.39 is 0 Å². The summed E-state index contributed by atoms with van der Waals surface area (Å²) in [6, 6.07) is 0. The van der Waals surface area contributed by atoms with Crippen molar-refractivity contribution in [3.63, 3.8) is 0 Å². The number of oxazole rings is 1. The molecule has 3 aromatic heterocycles. The normalized spacial score (nSPS) is 14.8. The van der Waals surface area contributed by atoms with Crippen molar-refractivity contribution in [2.24, 2.45) is 0 Å². The van der Waals surface area contributed by atoms with Gasteiger partial charge in [0.1, 0.15) is 12.6 Å². The number of imidazole rings is 1. The fourth-order valence-electron chi connectivity index (χ4n) is 2.40. The van der Waals surface area contributed by atoms with Gasteiger partial charge in [-0.05, 0) is 12.8 Å². The lowest BCUT2D eigenvalue weighted by molar-refractivity contribution is 0.496. The first-order chi connectivity index (χ1) is 10.2. The van der Waals surface area contributed by atoms with Gasteiger partial charge in [-0.3, -0.25) is 0 Å². The largest absolute Gasteiger partial charge is 0.448 e. The van der Waals surface area contributed by atoms with Crippen molar-refractivity contribution in [1.29, 1.82) is 0 Å². The van der Waals surface area contributed by atoms with Crippen LogP contribution in [0.3, 0.4) is 0 Å². The highest BCUT2D eigenvalue weighted by Crippen LogP contribution is 2.39. The maximum atomic E-state index is 5.53. The molecule has 0 bridgehead atoms. The van der Waals surface area contributed by atoms with Gasteiger partial charge in [0.15, 0.2) is 22.9 Å². The van der Waals surface area contributed by atoms with E-state index in [0.717, 1.165) is 28.6 Å². The van der Waals surface area contributed by atoms with Crippen molar-refractivity contribution >= 4 is 17.0 Å².